The third-order valence-corrected chi connectivity index (χ3v) is 5.72. The van der Waals surface area contributed by atoms with E-state index < -0.39 is 11.2 Å². The molecule has 0 atom stereocenters. The van der Waals surface area contributed by atoms with E-state index in [1.807, 2.05) is 4.90 Å². The lowest BCUT2D eigenvalue weighted by atomic mass is 9.87. The SMILES string of the molecule is CCCCN1CCOC2(CCN(C(=O)c3c[nH]c(=O)c(Cl)c3)CC2)CC1=O. The Morgan fingerprint density at radius 1 is 1.30 bits per heavy atom. The van der Waals surface area contributed by atoms with Crippen LogP contribution in [0.3, 0.4) is 0 Å². The van der Waals surface area contributed by atoms with Crippen molar-refractivity contribution in [2.75, 3.05) is 32.8 Å². The number of amides is 2. The minimum atomic E-state index is -0.475. The Balaban J connectivity index is 1.62. The zero-order chi connectivity index (χ0) is 19.4. The first kappa shape index (κ1) is 19.9. The van der Waals surface area contributed by atoms with Crippen LogP contribution in [-0.4, -0.2) is 65.0 Å². The molecular formula is C19H26ClN3O4. The lowest BCUT2D eigenvalue weighted by Gasteiger charge is -2.40. The molecule has 2 saturated heterocycles. The van der Waals surface area contributed by atoms with Crippen molar-refractivity contribution in [1.82, 2.24) is 14.8 Å². The molecule has 0 radical (unpaired) electrons. The summed E-state index contributed by atoms with van der Waals surface area (Å²) in [5.41, 5.74) is -0.528. The Kier molecular flexibility index (Phi) is 6.22. The van der Waals surface area contributed by atoms with Crippen molar-refractivity contribution >= 4 is 23.4 Å². The third kappa shape index (κ3) is 4.52. The van der Waals surface area contributed by atoms with E-state index in [1.54, 1.807) is 4.90 Å². The van der Waals surface area contributed by atoms with E-state index in [0.29, 0.717) is 51.1 Å². The summed E-state index contributed by atoms with van der Waals surface area (Å²) < 4.78 is 6.11. The number of nitrogens with one attached hydrogen (secondary N) is 1. The van der Waals surface area contributed by atoms with E-state index >= 15 is 0 Å². The second-order valence-corrected chi connectivity index (χ2v) is 7.71. The molecule has 0 bridgehead atoms. The minimum Gasteiger partial charge on any atom is -0.372 e. The zero-order valence-electron chi connectivity index (χ0n) is 15.6. The van der Waals surface area contributed by atoms with Crippen molar-refractivity contribution in [3.63, 3.8) is 0 Å². The van der Waals surface area contributed by atoms with Crippen LogP contribution in [-0.2, 0) is 9.53 Å². The number of aromatic nitrogens is 1. The van der Waals surface area contributed by atoms with Gasteiger partial charge in [0.25, 0.3) is 11.5 Å². The normalized spacial score (nSPS) is 20.0. The molecule has 3 rings (SSSR count). The average Bonchev–Trinajstić information content (AvgIpc) is 2.81. The molecular weight excluding hydrogens is 370 g/mol. The first-order valence-electron chi connectivity index (χ1n) is 9.53. The maximum Gasteiger partial charge on any atom is 0.266 e. The number of aromatic amines is 1. The van der Waals surface area contributed by atoms with Gasteiger partial charge in [0.2, 0.25) is 5.91 Å². The smallest absolute Gasteiger partial charge is 0.266 e. The molecule has 0 saturated carbocycles. The molecule has 2 aliphatic heterocycles. The largest absolute Gasteiger partial charge is 0.372 e. The van der Waals surface area contributed by atoms with E-state index in [4.69, 9.17) is 16.3 Å². The van der Waals surface area contributed by atoms with Crippen LogP contribution in [0.1, 0.15) is 49.4 Å². The van der Waals surface area contributed by atoms with Gasteiger partial charge in [0, 0.05) is 32.4 Å². The Morgan fingerprint density at radius 3 is 2.70 bits per heavy atom. The Labute approximate surface area is 163 Å². The van der Waals surface area contributed by atoms with Gasteiger partial charge in [-0.3, -0.25) is 14.4 Å². The number of hydrogen-bond acceptors (Lipinski definition) is 4. The van der Waals surface area contributed by atoms with Gasteiger partial charge in [0.15, 0.2) is 0 Å². The second-order valence-electron chi connectivity index (χ2n) is 7.30. The lowest BCUT2D eigenvalue weighted by Crippen LogP contribution is -2.49. The number of rotatable bonds is 4. The Hall–Kier alpha value is -1.86. The summed E-state index contributed by atoms with van der Waals surface area (Å²) >= 11 is 5.82. The van der Waals surface area contributed by atoms with Crippen molar-refractivity contribution in [1.29, 1.82) is 0 Å². The number of unbranched alkanes of at least 4 members (excludes halogenated alkanes) is 1. The van der Waals surface area contributed by atoms with E-state index in [1.165, 1.54) is 12.3 Å². The van der Waals surface area contributed by atoms with Crippen LogP contribution in [0, 0.1) is 0 Å². The highest BCUT2D eigenvalue weighted by molar-refractivity contribution is 6.30. The molecule has 3 heterocycles. The predicted molar refractivity (Wildman–Crippen MR) is 102 cm³/mol. The first-order chi connectivity index (χ1) is 12.9. The Morgan fingerprint density at radius 2 is 2.04 bits per heavy atom. The van der Waals surface area contributed by atoms with Gasteiger partial charge in [0.05, 0.1) is 24.2 Å². The number of pyridine rings is 1. The van der Waals surface area contributed by atoms with Crippen molar-refractivity contribution < 1.29 is 14.3 Å². The highest BCUT2D eigenvalue weighted by Gasteiger charge is 2.41. The van der Waals surface area contributed by atoms with Gasteiger partial charge < -0.3 is 19.5 Å². The van der Waals surface area contributed by atoms with Crippen LogP contribution >= 0.6 is 11.6 Å². The summed E-state index contributed by atoms with van der Waals surface area (Å²) in [6.45, 7) is 5.10. The Bertz CT molecular complexity index is 756. The van der Waals surface area contributed by atoms with E-state index in [2.05, 4.69) is 11.9 Å². The summed E-state index contributed by atoms with van der Waals surface area (Å²) in [4.78, 5) is 42.7. The number of halogens is 1. The topological polar surface area (TPSA) is 82.7 Å². The van der Waals surface area contributed by atoms with Crippen LogP contribution in [0.4, 0.5) is 0 Å². The quantitative estimate of drug-likeness (QED) is 0.845. The summed E-state index contributed by atoms with van der Waals surface area (Å²) in [6.07, 6.45) is 5.08. The van der Waals surface area contributed by atoms with Gasteiger partial charge in [-0.25, -0.2) is 0 Å². The number of H-pyrrole nitrogens is 1. The number of hydrogen-bond donors (Lipinski definition) is 1. The van der Waals surface area contributed by atoms with Gasteiger partial charge >= 0.3 is 0 Å². The third-order valence-electron chi connectivity index (χ3n) is 5.44. The van der Waals surface area contributed by atoms with Crippen LogP contribution in [0.25, 0.3) is 0 Å². The molecule has 2 fully saturated rings. The van der Waals surface area contributed by atoms with Gasteiger partial charge in [-0.05, 0) is 25.3 Å². The number of carbonyl (C=O) groups excluding carboxylic acids is 2. The summed E-state index contributed by atoms with van der Waals surface area (Å²) in [5, 5.41) is -0.000742. The first-order valence-corrected chi connectivity index (χ1v) is 9.91. The predicted octanol–water partition coefficient (Wildman–Crippen LogP) is 2.05. The van der Waals surface area contributed by atoms with E-state index in [0.717, 1.165) is 19.4 Å². The molecule has 8 heteroatoms. The van der Waals surface area contributed by atoms with Crippen LogP contribution in [0.5, 0.6) is 0 Å². The van der Waals surface area contributed by atoms with Crippen LogP contribution < -0.4 is 5.56 Å². The molecule has 0 aliphatic carbocycles. The highest BCUT2D eigenvalue weighted by atomic mass is 35.5. The van der Waals surface area contributed by atoms with Gasteiger partial charge in [-0.15, -0.1) is 0 Å². The standard InChI is InChI=1S/C19H26ClN3O4/c1-2-3-6-22-9-10-27-19(12-16(22)24)4-7-23(8-5-19)18(26)14-11-15(20)17(25)21-13-14/h11,13H,2-10,12H2,1H3,(H,21,25). The van der Waals surface area contributed by atoms with E-state index in [-0.39, 0.29) is 16.8 Å². The summed E-state index contributed by atoms with van der Waals surface area (Å²) in [6, 6.07) is 1.39. The number of carbonyl (C=O) groups is 2. The van der Waals surface area contributed by atoms with Crippen molar-refractivity contribution in [2.45, 2.75) is 44.6 Å². The number of ether oxygens (including phenoxy) is 1. The molecule has 2 amide bonds. The van der Waals surface area contributed by atoms with Crippen molar-refractivity contribution in [3.8, 4) is 0 Å². The molecule has 27 heavy (non-hydrogen) atoms. The fraction of sp³-hybridized carbons (Fsp3) is 0.632. The molecule has 1 aromatic rings. The fourth-order valence-corrected chi connectivity index (χ4v) is 3.89. The molecule has 1 spiro atoms. The van der Waals surface area contributed by atoms with Crippen molar-refractivity contribution in [2.24, 2.45) is 0 Å². The summed E-state index contributed by atoms with van der Waals surface area (Å²) in [5.74, 6) is -0.0272. The van der Waals surface area contributed by atoms with E-state index in [9.17, 15) is 14.4 Å². The maximum atomic E-state index is 12.7. The van der Waals surface area contributed by atoms with Gasteiger partial charge in [0.1, 0.15) is 5.02 Å². The second kappa shape index (κ2) is 8.44. The average molecular weight is 396 g/mol. The molecule has 0 unspecified atom stereocenters. The van der Waals surface area contributed by atoms with Crippen LogP contribution in [0.15, 0.2) is 17.1 Å². The van der Waals surface area contributed by atoms with Gasteiger partial charge in [-0.2, -0.15) is 0 Å². The summed E-state index contributed by atoms with van der Waals surface area (Å²) in [7, 11) is 0. The zero-order valence-corrected chi connectivity index (χ0v) is 16.4. The fourth-order valence-electron chi connectivity index (χ4n) is 3.72. The molecule has 148 valence electrons. The van der Waals surface area contributed by atoms with Gasteiger partial charge in [-0.1, -0.05) is 24.9 Å². The minimum absolute atomic E-state index is 0.000742. The van der Waals surface area contributed by atoms with Crippen molar-refractivity contribution in [3.05, 3.63) is 33.2 Å². The highest BCUT2D eigenvalue weighted by Crippen LogP contribution is 2.33. The molecule has 0 aromatic carbocycles. The number of piperidine rings is 1. The molecule has 7 nitrogen and oxygen atoms in total. The lowest BCUT2D eigenvalue weighted by molar-refractivity contribution is -0.135. The number of nitrogens with zero attached hydrogens (tertiary/aromatic N) is 2. The molecule has 1 N–H and O–H groups in total. The molecule has 2 aliphatic rings. The monoisotopic (exact) mass is 395 g/mol. The maximum absolute atomic E-state index is 12.7. The number of likely N-dealkylation sites (tertiary alicyclic amines) is 1. The van der Waals surface area contributed by atoms with Crippen LogP contribution in [0.2, 0.25) is 5.02 Å². The molecule has 1 aromatic heterocycles.